The third kappa shape index (κ3) is 5.79. The number of methoxy groups -OCH3 is 1. The average Bonchev–Trinajstić information content (AvgIpc) is 2.90. The molecule has 4 rings (SSSR count). The summed E-state index contributed by atoms with van der Waals surface area (Å²) in [5.74, 6) is 4.69. The van der Waals surface area contributed by atoms with Crippen LogP contribution in [0.4, 0.5) is 5.69 Å². The highest BCUT2D eigenvalue weighted by Crippen LogP contribution is 2.27. The topological polar surface area (TPSA) is 125 Å². The number of hydrogen-bond acceptors (Lipinski definition) is 8. The smallest absolute Gasteiger partial charge is 0.357 e. The molecule has 2 aromatic carbocycles. The number of aromatic nitrogens is 2. The summed E-state index contributed by atoms with van der Waals surface area (Å²) in [6.07, 6.45) is 2.93. The fraction of sp³-hybridized carbons (Fsp3) is 0.143. The number of aryl methyl sites for hydroxylation is 1. The van der Waals surface area contributed by atoms with Crippen molar-refractivity contribution in [3.05, 3.63) is 94.9 Å². The van der Waals surface area contributed by atoms with Crippen LogP contribution in [0.5, 0.6) is 0 Å². The number of para-hydroxylation sites is 1. The molecule has 0 bridgehead atoms. The highest BCUT2D eigenvalue weighted by molar-refractivity contribution is 7.93. The van der Waals surface area contributed by atoms with Gasteiger partial charge in [-0.15, -0.1) is 0 Å². The van der Waals surface area contributed by atoms with Gasteiger partial charge in [0.25, 0.3) is 10.0 Å². The first kappa shape index (κ1) is 26.3. The van der Waals surface area contributed by atoms with Crippen LogP contribution in [0.2, 0.25) is 0 Å². The van der Waals surface area contributed by atoms with Gasteiger partial charge in [0.15, 0.2) is 5.69 Å². The molecule has 0 amide bonds. The number of benzene rings is 2. The molecule has 2 heterocycles. The number of esters is 2. The highest BCUT2D eigenvalue weighted by Gasteiger charge is 2.22. The lowest BCUT2D eigenvalue weighted by molar-refractivity contribution is -0.142. The zero-order chi connectivity index (χ0) is 27.3. The maximum atomic E-state index is 13.5. The van der Waals surface area contributed by atoms with Crippen LogP contribution in [0, 0.1) is 18.8 Å². The van der Waals surface area contributed by atoms with Gasteiger partial charge in [-0.05, 0) is 36.8 Å². The summed E-state index contributed by atoms with van der Waals surface area (Å²) in [5.41, 5.74) is 2.39. The van der Waals surface area contributed by atoms with Crippen molar-refractivity contribution >= 4 is 38.6 Å². The second-order valence-corrected chi connectivity index (χ2v) is 9.81. The second-order valence-electron chi connectivity index (χ2n) is 8.19. The van der Waals surface area contributed by atoms with Crippen LogP contribution in [0.3, 0.4) is 0 Å². The molecule has 0 atom stereocenters. The van der Waals surface area contributed by atoms with Crippen LogP contribution in [0.15, 0.2) is 71.9 Å². The van der Waals surface area contributed by atoms with Crippen molar-refractivity contribution in [3.63, 3.8) is 0 Å². The number of ether oxygens (including phenoxy) is 2. The molecule has 10 heteroatoms. The first-order chi connectivity index (χ1) is 18.2. The molecular formula is C28H23N3O6S. The van der Waals surface area contributed by atoms with E-state index in [0.717, 1.165) is 0 Å². The molecule has 192 valence electrons. The predicted molar refractivity (Wildman–Crippen MR) is 141 cm³/mol. The molecule has 0 fully saturated rings. The standard InChI is InChI=1S/C28H23N3O6S/c1-18-10-12-22-8-6-14-29-25(22)27(18)38(34,35)31-24-9-5-4-7-21(24)13-11-20-15-23(17-37-19(2)32)26(30-16-20)28(33)36-3/h4-10,12,14-16,31H,17H2,1-3H3. The maximum absolute atomic E-state index is 13.5. The third-order valence-electron chi connectivity index (χ3n) is 5.48. The van der Waals surface area contributed by atoms with Crippen LogP contribution < -0.4 is 4.72 Å². The van der Waals surface area contributed by atoms with E-state index in [9.17, 15) is 18.0 Å². The zero-order valence-corrected chi connectivity index (χ0v) is 21.6. The van der Waals surface area contributed by atoms with Gasteiger partial charge < -0.3 is 9.47 Å². The summed E-state index contributed by atoms with van der Waals surface area (Å²) < 4.78 is 39.3. The molecule has 0 unspecified atom stereocenters. The number of rotatable bonds is 6. The number of hydrogen-bond donors (Lipinski definition) is 1. The van der Waals surface area contributed by atoms with Crippen LogP contribution in [-0.2, 0) is 30.9 Å². The lowest BCUT2D eigenvalue weighted by Gasteiger charge is -2.13. The highest BCUT2D eigenvalue weighted by atomic mass is 32.2. The molecule has 0 spiro atoms. The average molecular weight is 530 g/mol. The van der Waals surface area contributed by atoms with Gasteiger partial charge in [-0.1, -0.05) is 42.2 Å². The first-order valence-corrected chi connectivity index (χ1v) is 12.9. The molecule has 0 saturated carbocycles. The van der Waals surface area contributed by atoms with E-state index in [-0.39, 0.29) is 22.9 Å². The van der Waals surface area contributed by atoms with Crippen molar-refractivity contribution in [1.82, 2.24) is 9.97 Å². The van der Waals surface area contributed by atoms with Gasteiger partial charge in [0, 0.05) is 41.4 Å². The number of nitrogens with one attached hydrogen (secondary N) is 1. The summed E-state index contributed by atoms with van der Waals surface area (Å²) in [4.78, 5) is 31.8. The van der Waals surface area contributed by atoms with Crippen LogP contribution in [-0.4, -0.2) is 37.4 Å². The van der Waals surface area contributed by atoms with Gasteiger partial charge in [0.1, 0.15) is 11.5 Å². The Kier molecular flexibility index (Phi) is 7.69. The number of sulfonamides is 1. The van der Waals surface area contributed by atoms with E-state index in [2.05, 4.69) is 26.5 Å². The lowest BCUT2D eigenvalue weighted by atomic mass is 10.1. The molecule has 0 radical (unpaired) electrons. The molecule has 0 aliphatic carbocycles. The Bertz CT molecular complexity index is 1720. The Morgan fingerprint density at radius 2 is 1.82 bits per heavy atom. The van der Waals surface area contributed by atoms with Crippen LogP contribution >= 0.6 is 0 Å². The second kappa shape index (κ2) is 11.1. The lowest BCUT2D eigenvalue weighted by Crippen LogP contribution is -2.16. The minimum atomic E-state index is -4.01. The van der Waals surface area contributed by atoms with Crippen molar-refractivity contribution < 1.29 is 27.5 Å². The summed E-state index contributed by atoms with van der Waals surface area (Å²) >= 11 is 0. The van der Waals surface area contributed by atoms with Gasteiger partial charge in [-0.25, -0.2) is 18.2 Å². The predicted octanol–water partition coefficient (Wildman–Crippen LogP) is 3.99. The Morgan fingerprint density at radius 1 is 1.03 bits per heavy atom. The van der Waals surface area contributed by atoms with Crippen molar-refractivity contribution in [1.29, 1.82) is 0 Å². The van der Waals surface area contributed by atoms with E-state index in [1.165, 1.54) is 20.2 Å². The first-order valence-electron chi connectivity index (χ1n) is 11.4. The monoisotopic (exact) mass is 529 g/mol. The molecule has 9 nitrogen and oxygen atoms in total. The third-order valence-corrected chi connectivity index (χ3v) is 7.02. The Labute approximate surface area is 219 Å². The van der Waals surface area contributed by atoms with Crippen molar-refractivity contribution in [2.75, 3.05) is 11.8 Å². The van der Waals surface area contributed by atoms with Gasteiger partial charge in [-0.3, -0.25) is 14.5 Å². The van der Waals surface area contributed by atoms with E-state index < -0.39 is 22.0 Å². The van der Waals surface area contributed by atoms with Crippen molar-refractivity contribution in [2.24, 2.45) is 0 Å². The van der Waals surface area contributed by atoms with Crippen molar-refractivity contribution in [2.45, 2.75) is 25.3 Å². The number of pyridine rings is 2. The molecule has 0 aliphatic rings. The quantitative estimate of drug-likeness (QED) is 0.294. The van der Waals surface area contributed by atoms with Gasteiger partial charge in [-0.2, -0.15) is 0 Å². The summed E-state index contributed by atoms with van der Waals surface area (Å²) in [7, 11) is -2.79. The SMILES string of the molecule is COC(=O)c1ncc(C#Cc2ccccc2NS(=O)(=O)c2c(C)ccc3cccnc23)cc1COC(C)=O. The molecule has 0 aliphatic heterocycles. The minimum absolute atomic E-state index is 0.00604. The summed E-state index contributed by atoms with van der Waals surface area (Å²) in [6.45, 7) is 2.78. The maximum Gasteiger partial charge on any atom is 0.357 e. The van der Waals surface area contributed by atoms with Gasteiger partial charge in [0.05, 0.1) is 18.3 Å². The molecule has 0 saturated heterocycles. The molecule has 1 N–H and O–H groups in total. The number of carbonyl (C=O) groups excluding carboxylic acids is 2. The normalized spacial score (nSPS) is 10.8. The minimum Gasteiger partial charge on any atom is -0.464 e. The van der Waals surface area contributed by atoms with Crippen molar-refractivity contribution in [3.8, 4) is 11.8 Å². The van der Waals surface area contributed by atoms with Crippen LogP contribution in [0.25, 0.3) is 10.9 Å². The number of nitrogens with zero attached hydrogens (tertiary/aromatic N) is 2. The fourth-order valence-electron chi connectivity index (χ4n) is 3.72. The fourth-order valence-corrected chi connectivity index (χ4v) is 5.21. The van der Waals surface area contributed by atoms with Crippen LogP contribution in [0.1, 0.15) is 39.7 Å². The van der Waals surface area contributed by atoms with E-state index >= 15 is 0 Å². The van der Waals surface area contributed by atoms with E-state index in [0.29, 0.717) is 33.2 Å². The summed E-state index contributed by atoms with van der Waals surface area (Å²) in [5, 5.41) is 0.707. The number of carbonyl (C=O) groups is 2. The van der Waals surface area contributed by atoms with Gasteiger partial charge >= 0.3 is 11.9 Å². The Balaban J connectivity index is 1.69. The Morgan fingerprint density at radius 3 is 2.58 bits per heavy atom. The largest absolute Gasteiger partial charge is 0.464 e. The molecule has 4 aromatic rings. The molecule has 38 heavy (non-hydrogen) atoms. The Hall–Kier alpha value is -4.75. The van der Waals surface area contributed by atoms with Gasteiger partial charge in [0.2, 0.25) is 0 Å². The summed E-state index contributed by atoms with van der Waals surface area (Å²) in [6, 6.07) is 15.4. The molecular weight excluding hydrogens is 506 g/mol. The zero-order valence-electron chi connectivity index (χ0n) is 20.8. The van der Waals surface area contributed by atoms with E-state index in [1.807, 2.05) is 6.07 Å². The van der Waals surface area contributed by atoms with E-state index in [1.54, 1.807) is 61.7 Å². The number of fused-ring (bicyclic) bond motifs is 1. The number of anilines is 1. The molecule has 2 aromatic heterocycles. The van der Waals surface area contributed by atoms with E-state index in [4.69, 9.17) is 9.47 Å².